The quantitative estimate of drug-likeness (QED) is 0.882. The van der Waals surface area contributed by atoms with Gasteiger partial charge in [-0.15, -0.1) is 22.7 Å². The first-order chi connectivity index (χ1) is 7.78. The van der Waals surface area contributed by atoms with Crippen LogP contribution in [0.3, 0.4) is 0 Å². The van der Waals surface area contributed by atoms with Crippen molar-refractivity contribution in [3.63, 3.8) is 0 Å². The van der Waals surface area contributed by atoms with Gasteiger partial charge in [-0.3, -0.25) is 0 Å². The van der Waals surface area contributed by atoms with E-state index in [1.165, 1.54) is 14.6 Å². The Morgan fingerprint density at radius 3 is 2.50 bits per heavy atom. The molecule has 0 saturated carbocycles. The van der Waals surface area contributed by atoms with E-state index in [2.05, 4.69) is 29.4 Å². The maximum atomic E-state index is 4.24. The summed E-state index contributed by atoms with van der Waals surface area (Å²) in [5.41, 5.74) is 0. The predicted molar refractivity (Wildman–Crippen MR) is 71.1 cm³/mol. The largest absolute Gasteiger partial charge is 0.307 e. The summed E-state index contributed by atoms with van der Waals surface area (Å²) in [7, 11) is 0. The lowest BCUT2D eigenvalue weighted by atomic mass is 10.3. The maximum Gasteiger partial charge on any atom is 0.0897 e. The van der Waals surface area contributed by atoms with Crippen LogP contribution in [0.15, 0.2) is 18.3 Å². The monoisotopic (exact) mass is 252 g/mol. The Balaban J connectivity index is 1.79. The minimum atomic E-state index is 0.921. The highest BCUT2D eigenvalue weighted by atomic mass is 32.1. The molecule has 1 N–H and O–H groups in total. The van der Waals surface area contributed by atoms with E-state index in [1.54, 1.807) is 11.3 Å². The van der Waals surface area contributed by atoms with Crippen molar-refractivity contribution in [1.82, 2.24) is 10.3 Å². The van der Waals surface area contributed by atoms with Crippen molar-refractivity contribution in [1.29, 1.82) is 0 Å². The smallest absolute Gasteiger partial charge is 0.0897 e. The van der Waals surface area contributed by atoms with Crippen molar-refractivity contribution in [2.24, 2.45) is 0 Å². The van der Waals surface area contributed by atoms with Gasteiger partial charge in [-0.25, -0.2) is 4.98 Å². The number of nitrogens with one attached hydrogen (secondary N) is 1. The molecule has 86 valence electrons. The first-order valence-electron chi connectivity index (χ1n) is 5.47. The molecule has 16 heavy (non-hydrogen) atoms. The fourth-order valence-corrected chi connectivity index (χ4v) is 3.20. The summed E-state index contributed by atoms with van der Waals surface area (Å²) in [4.78, 5) is 8.43. The Bertz CT molecular complexity index is 445. The molecule has 0 spiro atoms. The summed E-state index contributed by atoms with van der Waals surface area (Å²) in [6.07, 6.45) is 3.09. The van der Waals surface area contributed by atoms with Crippen LogP contribution in [0.2, 0.25) is 0 Å². The third-order valence-electron chi connectivity index (χ3n) is 2.33. The zero-order valence-corrected chi connectivity index (χ0v) is 11.3. The fourth-order valence-electron chi connectivity index (χ4n) is 1.50. The molecule has 0 aliphatic heterocycles. The average molecular weight is 252 g/mol. The van der Waals surface area contributed by atoms with Crippen LogP contribution in [0.1, 0.15) is 26.6 Å². The van der Waals surface area contributed by atoms with Crippen molar-refractivity contribution in [3.8, 4) is 0 Å². The van der Waals surface area contributed by atoms with Gasteiger partial charge in [-0.2, -0.15) is 0 Å². The van der Waals surface area contributed by atoms with Crippen molar-refractivity contribution in [3.05, 3.63) is 38.0 Å². The van der Waals surface area contributed by atoms with E-state index in [1.807, 2.05) is 24.5 Å². The van der Waals surface area contributed by atoms with Gasteiger partial charge >= 0.3 is 0 Å². The molecule has 4 heteroatoms. The first kappa shape index (κ1) is 11.8. The van der Waals surface area contributed by atoms with Gasteiger partial charge in [0.2, 0.25) is 0 Å². The van der Waals surface area contributed by atoms with Crippen LogP contribution >= 0.6 is 22.7 Å². The second kappa shape index (κ2) is 5.57. The number of hydrogen-bond donors (Lipinski definition) is 1. The highest BCUT2D eigenvalue weighted by Crippen LogP contribution is 2.17. The summed E-state index contributed by atoms with van der Waals surface area (Å²) in [5, 5.41) is 4.59. The zero-order valence-electron chi connectivity index (χ0n) is 9.62. The Hall–Kier alpha value is -0.710. The third-order valence-corrected chi connectivity index (χ3v) is 4.48. The first-order valence-corrected chi connectivity index (χ1v) is 7.11. The van der Waals surface area contributed by atoms with Gasteiger partial charge in [0.05, 0.1) is 5.01 Å². The molecule has 0 saturated heterocycles. The number of nitrogens with zero attached hydrogens (tertiary/aromatic N) is 1. The predicted octanol–water partition coefficient (Wildman–Crippen LogP) is 3.37. The van der Waals surface area contributed by atoms with E-state index in [0.717, 1.165) is 24.5 Å². The summed E-state index contributed by atoms with van der Waals surface area (Å²) < 4.78 is 0. The second-order valence-corrected chi connectivity index (χ2v) is 6.24. The van der Waals surface area contributed by atoms with E-state index in [0.29, 0.717) is 0 Å². The number of thiazole rings is 1. The van der Waals surface area contributed by atoms with E-state index in [9.17, 15) is 0 Å². The minimum absolute atomic E-state index is 0.921. The molecule has 0 amide bonds. The summed E-state index contributed by atoms with van der Waals surface area (Å²) in [5.74, 6) is 0. The average Bonchev–Trinajstić information content (AvgIpc) is 2.88. The van der Waals surface area contributed by atoms with Gasteiger partial charge in [0, 0.05) is 33.9 Å². The minimum Gasteiger partial charge on any atom is -0.307 e. The molecule has 0 aliphatic carbocycles. The molecule has 2 nitrogen and oxygen atoms in total. The molecule has 0 atom stereocenters. The Labute approximate surface area is 104 Å². The van der Waals surface area contributed by atoms with E-state index >= 15 is 0 Å². The number of thiophene rings is 1. The fraction of sp³-hybridized carbons (Fsp3) is 0.417. The van der Waals surface area contributed by atoms with Crippen molar-refractivity contribution in [2.75, 3.05) is 0 Å². The van der Waals surface area contributed by atoms with Crippen LogP contribution in [0.5, 0.6) is 0 Å². The van der Waals surface area contributed by atoms with Crippen LogP contribution in [0.4, 0.5) is 0 Å². The number of hydrogen-bond acceptors (Lipinski definition) is 4. The molecule has 2 heterocycles. The molecule has 2 aromatic heterocycles. The molecule has 0 aromatic carbocycles. The lowest BCUT2D eigenvalue weighted by Crippen LogP contribution is -2.10. The lowest BCUT2D eigenvalue weighted by molar-refractivity contribution is 0.708. The summed E-state index contributed by atoms with van der Waals surface area (Å²) in [6, 6.07) is 4.44. The lowest BCUT2D eigenvalue weighted by Gasteiger charge is -1.99. The van der Waals surface area contributed by atoms with Gasteiger partial charge in [0.15, 0.2) is 0 Å². The Morgan fingerprint density at radius 1 is 1.12 bits per heavy atom. The maximum absolute atomic E-state index is 4.24. The Morgan fingerprint density at radius 2 is 1.88 bits per heavy atom. The van der Waals surface area contributed by atoms with E-state index in [-0.39, 0.29) is 0 Å². The van der Waals surface area contributed by atoms with Crippen molar-refractivity contribution in [2.45, 2.75) is 33.4 Å². The van der Waals surface area contributed by atoms with E-state index < -0.39 is 0 Å². The molecule has 0 aliphatic rings. The normalized spacial score (nSPS) is 10.9. The van der Waals surface area contributed by atoms with Gasteiger partial charge in [0.1, 0.15) is 0 Å². The molecule has 2 aromatic rings. The topological polar surface area (TPSA) is 24.9 Å². The van der Waals surface area contributed by atoms with E-state index in [4.69, 9.17) is 0 Å². The molecular weight excluding hydrogens is 236 g/mol. The molecule has 0 radical (unpaired) electrons. The third kappa shape index (κ3) is 3.14. The number of rotatable bonds is 5. The molecule has 0 bridgehead atoms. The zero-order chi connectivity index (χ0) is 11.4. The summed E-state index contributed by atoms with van der Waals surface area (Å²) in [6.45, 7) is 6.12. The Kier molecular flexibility index (Phi) is 4.09. The van der Waals surface area contributed by atoms with Crippen LogP contribution in [0.25, 0.3) is 0 Å². The standard InChI is InChI=1S/C12H16N2S2/c1-3-10-4-5-11(16-10)6-13-7-12-8-14-9(2)15-12/h4-5,8,13H,3,6-7H2,1-2H3. The van der Waals surface area contributed by atoms with Crippen LogP contribution in [0, 0.1) is 6.92 Å². The van der Waals surface area contributed by atoms with Gasteiger partial charge in [-0.1, -0.05) is 6.92 Å². The van der Waals surface area contributed by atoms with Crippen LogP contribution in [-0.4, -0.2) is 4.98 Å². The van der Waals surface area contributed by atoms with Crippen LogP contribution in [-0.2, 0) is 19.5 Å². The summed E-state index contributed by atoms with van der Waals surface area (Å²) >= 11 is 3.66. The van der Waals surface area contributed by atoms with Crippen LogP contribution < -0.4 is 5.32 Å². The molecule has 0 fully saturated rings. The van der Waals surface area contributed by atoms with Crippen molar-refractivity contribution >= 4 is 22.7 Å². The molecule has 2 rings (SSSR count). The van der Waals surface area contributed by atoms with Gasteiger partial charge in [0.25, 0.3) is 0 Å². The van der Waals surface area contributed by atoms with Crippen molar-refractivity contribution < 1.29 is 0 Å². The SMILES string of the molecule is CCc1ccc(CNCc2cnc(C)s2)s1. The van der Waals surface area contributed by atoms with Gasteiger partial charge in [-0.05, 0) is 25.5 Å². The highest BCUT2D eigenvalue weighted by Gasteiger charge is 2.00. The number of aryl methyl sites for hydroxylation is 2. The number of aromatic nitrogens is 1. The highest BCUT2D eigenvalue weighted by molar-refractivity contribution is 7.12. The molecular formula is C12H16N2S2. The van der Waals surface area contributed by atoms with Gasteiger partial charge < -0.3 is 5.32 Å². The molecule has 0 unspecified atom stereocenters. The second-order valence-electron chi connectivity index (χ2n) is 3.67.